The first-order chi connectivity index (χ1) is 9.63. The van der Waals surface area contributed by atoms with Gasteiger partial charge in [0.1, 0.15) is 11.5 Å². The molecule has 0 radical (unpaired) electrons. The van der Waals surface area contributed by atoms with Crippen molar-refractivity contribution in [1.82, 2.24) is 0 Å². The maximum Gasteiger partial charge on any atom is 0.124 e. The van der Waals surface area contributed by atoms with Crippen LogP contribution in [0.5, 0.6) is 11.5 Å². The molecule has 0 saturated carbocycles. The van der Waals surface area contributed by atoms with Crippen molar-refractivity contribution in [3.05, 3.63) is 58.6 Å². The Morgan fingerprint density at radius 2 is 1.90 bits per heavy atom. The Labute approximate surface area is 123 Å². The molecule has 4 heteroatoms. The number of hydrogen-bond donors (Lipinski definition) is 1. The summed E-state index contributed by atoms with van der Waals surface area (Å²) < 4.78 is 10.4. The summed E-state index contributed by atoms with van der Waals surface area (Å²) in [5.74, 6) is 1.40. The molecule has 2 aromatic carbocycles. The molecule has 0 aliphatic heterocycles. The summed E-state index contributed by atoms with van der Waals surface area (Å²) in [5, 5.41) is 11.0. The van der Waals surface area contributed by atoms with Crippen molar-refractivity contribution in [2.24, 2.45) is 0 Å². The summed E-state index contributed by atoms with van der Waals surface area (Å²) in [4.78, 5) is 0. The van der Waals surface area contributed by atoms with E-state index in [0.717, 1.165) is 11.3 Å². The predicted octanol–water partition coefficient (Wildman–Crippen LogP) is 3.63. The highest BCUT2D eigenvalue weighted by Crippen LogP contribution is 2.30. The van der Waals surface area contributed by atoms with Crippen LogP contribution in [0.3, 0.4) is 0 Å². The summed E-state index contributed by atoms with van der Waals surface area (Å²) in [6, 6.07) is 12.8. The van der Waals surface area contributed by atoms with E-state index in [1.54, 1.807) is 32.4 Å². The van der Waals surface area contributed by atoms with Crippen molar-refractivity contribution < 1.29 is 14.6 Å². The van der Waals surface area contributed by atoms with Gasteiger partial charge in [0.25, 0.3) is 0 Å². The fraction of sp³-hybridized carbons (Fsp3) is 0.250. The van der Waals surface area contributed by atoms with E-state index in [2.05, 4.69) is 0 Å². The molecule has 1 atom stereocenters. The van der Waals surface area contributed by atoms with E-state index in [1.165, 1.54) is 0 Å². The van der Waals surface area contributed by atoms with Gasteiger partial charge in [-0.3, -0.25) is 0 Å². The first kappa shape index (κ1) is 14.7. The third kappa shape index (κ3) is 3.44. The van der Waals surface area contributed by atoms with Gasteiger partial charge in [-0.2, -0.15) is 0 Å². The van der Waals surface area contributed by atoms with Crippen LogP contribution in [0.15, 0.2) is 42.5 Å². The normalized spacial score (nSPS) is 12.0. The van der Waals surface area contributed by atoms with Gasteiger partial charge in [-0.05, 0) is 35.9 Å². The van der Waals surface area contributed by atoms with Gasteiger partial charge in [-0.25, -0.2) is 0 Å². The van der Waals surface area contributed by atoms with Crippen LogP contribution < -0.4 is 9.47 Å². The third-order valence-electron chi connectivity index (χ3n) is 3.11. The molecule has 0 aliphatic rings. The van der Waals surface area contributed by atoms with Gasteiger partial charge >= 0.3 is 0 Å². The predicted molar refractivity (Wildman–Crippen MR) is 79.7 cm³/mol. The molecule has 20 heavy (non-hydrogen) atoms. The summed E-state index contributed by atoms with van der Waals surface area (Å²) in [7, 11) is 3.19. The van der Waals surface area contributed by atoms with Crippen LogP contribution in [-0.4, -0.2) is 19.3 Å². The fourth-order valence-electron chi connectivity index (χ4n) is 2.10. The van der Waals surface area contributed by atoms with E-state index >= 15 is 0 Å². The Morgan fingerprint density at radius 3 is 2.60 bits per heavy atom. The monoisotopic (exact) mass is 292 g/mol. The molecule has 3 nitrogen and oxygen atoms in total. The van der Waals surface area contributed by atoms with Gasteiger partial charge in [0, 0.05) is 17.0 Å². The lowest BCUT2D eigenvalue weighted by atomic mass is 10.0. The zero-order valence-corrected chi connectivity index (χ0v) is 12.2. The average molecular weight is 293 g/mol. The highest BCUT2D eigenvalue weighted by Gasteiger charge is 2.15. The molecule has 0 aliphatic carbocycles. The molecule has 0 bridgehead atoms. The summed E-state index contributed by atoms with van der Waals surface area (Å²) in [5.41, 5.74) is 1.67. The third-order valence-corrected chi connectivity index (χ3v) is 3.35. The van der Waals surface area contributed by atoms with Crippen molar-refractivity contribution >= 4 is 11.6 Å². The molecule has 0 saturated heterocycles. The van der Waals surface area contributed by atoms with Gasteiger partial charge in [-0.15, -0.1) is 0 Å². The second kappa shape index (κ2) is 6.64. The maximum absolute atomic E-state index is 10.4. The van der Waals surface area contributed by atoms with E-state index in [4.69, 9.17) is 21.1 Å². The molecule has 0 amide bonds. The quantitative estimate of drug-likeness (QED) is 0.914. The van der Waals surface area contributed by atoms with Crippen LogP contribution in [0.25, 0.3) is 0 Å². The molecule has 0 spiro atoms. The molecule has 2 rings (SSSR count). The zero-order chi connectivity index (χ0) is 14.5. The number of methoxy groups -OCH3 is 2. The van der Waals surface area contributed by atoms with Crippen LogP contribution in [0.2, 0.25) is 5.02 Å². The molecular weight excluding hydrogens is 276 g/mol. The first-order valence-corrected chi connectivity index (χ1v) is 6.66. The first-order valence-electron chi connectivity index (χ1n) is 6.28. The summed E-state index contributed by atoms with van der Waals surface area (Å²) in [6.45, 7) is 0. The second-order valence-corrected chi connectivity index (χ2v) is 4.89. The number of aliphatic hydroxyl groups is 1. The molecule has 0 aromatic heterocycles. The van der Waals surface area contributed by atoms with Crippen LogP contribution in [0.1, 0.15) is 17.2 Å². The summed E-state index contributed by atoms with van der Waals surface area (Å²) in [6.07, 6.45) is -0.218. The molecular formula is C16H17ClO3. The molecule has 2 aromatic rings. The smallest absolute Gasteiger partial charge is 0.124 e. The minimum absolute atomic E-state index is 0.466. The Kier molecular flexibility index (Phi) is 4.88. The Bertz CT molecular complexity index is 584. The number of benzene rings is 2. The van der Waals surface area contributed by atoms with Gasteiger partial charge in [0.15, 0.2) is 0 Å². The minimum atomic E-state index is -0.684. The number of hydrogen-bond acceptors (Lipinski definition) is 3. The standard InChI is InChI=1S/C16H17ClO3/c1-19-13-5-3-4-11(8-13)9-15(18)14-10-12(17)6-7-16(14)20-2/h3-8,10,15,18H,9H2,1-2H3. The lowest BCUT2D eigenvalue weighted by Crippen LogP contribution is -2.04. The lowest BCUT2D eigenvalue weighted by molar-refractivity contribution is 0.174. The maximum atomic E-state index is 10.4. The fourth-order valence-corrected chi connectivity index (χ4v) is 2.28. The van der Waals surface area contributed by atoms with Crippen molar-refractivity contribution in [3.63, 3.8) is 0 Å². The number of ether oxygens (including phenoxy) is 2. The van der Waals surface area contributed by atoms with Crippen molar-refractivity contribution in [3.8, 4) is 11.5 Å². The van der Waals surface area contributed by atoms with Crippen LogP contribution in [-0.2, 0) is 6.42 Å². The number of halogens is 1. The number of rotatable bonds is 5. The van der Waals surface area contributed by atoms with Gasteiger partial charge in [-0.1, -0.05) is 23.7 Å². The van der Waals surface area contributed by atoms with Crippen LogP contribution >= 0.6 is 11.6 Å². The molecule has 0 heterocycles. The van der Waals surface area contributed by atoms with Crippen molar-refractivity contribution in [2.45, 2.75) is 12.5 Å². The van der Waals surface area contributed by atoms with E-state index in [-0.39, 0.29) is 0 Å². The second-order valence-electron chi connectivity index (χ2n) is 4.46. The minimum Gasteiger partial charge on any atom is -0.497 e. The van der Waals surface area contributed by atoms with E-state index in [1.807, 2.05) is 24.3 Å². The van der Waals surface area contributed by atoms with Crippen molar-refractivity contribution in [1.29, 1.82) is 0 Å². The van der Waals surface area contributed by atoms with Gasteiger partial charge in [0.05, 0.1) is 20.3 Å². The SMILES string of the molecule is COc1cccc(CC(O)c2cc(Cl)ccc2OC)c1. The van der Waals surface area contributed by atoms with Crippen LogP contribution in [0.4, 0.5) is 0 Å². The molecule has 0 fully saturated rings. The Balaban J connectivity index is 2.23. The zero-order valence-electron chi connectivity index (χ0n) is 11.5. The van der Waals surface area contributed by atoms with Gasteiger partial charge < -0.3 is 14.6 Å². The van der Waals surface area contributed by atoms with Gasteiger partial charge in [0.2, 0.25) is 0 Å². The van der Waals surface area contributed by atoms with Crippen molar-refractivity contribution in [2.75, 3.05) is 14.2 Å². The molecule has 106 valence electrons. The number of aliphatic hydroxyl groups excluding tert-OH is 1. The Morgan fingerprint density at radius 1 is 1.10 bits per heavy atom. The topological polar surface area (TPSA) is 38.7 Å². The Hall–Kier alpha value is -1.71. The van der Waals surface area contributed by atoms with Crippen LogP contribution in [0, 0.1) is 0 Å². The lowest BCUT2D eigenvalue weighted by Gasteiger charge is -2.15. The highest BCUT2D eigenvalue weighted by molar-refractivity contribution is 6.30. The molecule has 1 N–H and O–H groups in total. The highest BCUT2D eigenvalue weighted by atomic mass is 35.5. The molecule has 1 unspecified atom stereocenters. The van der Waals surface area contributed by atoms with E-state index < -0.39 is 6.10 Å². The largest absolute Gasteiger partial charge is 0.497 e. The summed E-state index contributed by atoms with van der Waals surface area (Å²) >= 11 is 5.98. The van der Waals surface area contributed by atoms with E-state index in [9.17, 15) is 5.11 Å². The van der Waals surface area contributed by atoms with E-state index in [0.29, 0.717) is 22.8 Å². The average Bonchev–Trinajstić information content (AvgIpc) is 2.47.